The molecule has 2 N–H and O–H groups in total. The van der Waals surface area contributed by atoms with Crippen molar-refractivity contribution in [2.45, 2.75) is 19.3 Å². The molecule has 1 saturated carbocycles. The lowest BCUT2D eigenvalue weighted by Crippen LogP contribution is -2.34. The van der Waals surface area contributed by atoms with Gasteiger partial charge in [-0.1, -0.05) is 28.4 Å². The van der Waals surface area contributed by atoms with Crippen molar-refractivity contribution >= 4 is 48.9 Å². The minimum absolute atomic E-state index is 0.0440. The molecule has 0 radical (unpaired) electrons. The van der Waals surface area contributed by atoms with Gasteiger partial charge in [0.25, 0.3) is 5.91 Å². The highest BCUT2D eigenvalue weighted by Gasteiger charge is 2.25. The monoisotopic (exact) mass is 352 g/mol. The van der Waals surface area contributed by atoms with Crippen LogP contribution in [0, 0.1) is 5.92 Å². The molecular formula is C15H17BrN2OS. The third-order valence-electron chi connectivity index (χ3n) is 4.00. The van der Waals surface area contributed by atoms with Crippen molar-refractivity contribution in [3.63, 3.8) is 0 Å². The largest absolute Gasteiger partial charge is 0.397 e. The van der Waals surface area contributed by atoms with Gasteiger partial charge in [0.15, 0.2) is 0 Å². The highest BCUT2D eigenvalue weighted by atomic mass is 79.9. The van der Waals surface area contributed by atoms with E-state index in [4.69, 9.17) is 5.73 Å². The second kappa shape index (κ2) is 5.37. The zero-order chi connectivity index (χ0) is 14.3. The lowest BCUT2D eigenvalue weighted by atomic mass is 9.85. The number of nitrogen functional groups attached to an aromatic ring is 1. The standard InChI is InChI=1S/C15H17BrN2OS/c1-18(8-9-4-2-5-9)15(19)14-13(17)12-10(16)6-3-7-11(12)20-14/h3,6-7,9H,2,4-5,8,17H2,1H3. The Morgan fingerprint density at radius 3 is 2.85 bits per heavy atom. The van der Waals surface area contributed by atoms with Crippen LogP contribution in [0.4, 0.5) is 5.69 Å². The van der Waals surface area contributed by atoms with E-state index in [0.717, 1.165) is 21.1 Å². The first kappa shape index (κ1) is 13.9. The van der Waals surface area contributed by atoms with Crippen molar-refractivity contribution in [1.29, 1.82) is 0 Å². The van der Waals surface area contributed by atoms with Gasteiger partial charge >= 0.3 is 0 Å². The predicted molar refractivity (Wildman–Crippen MR) is 88.2 cm³/mol. The molecule has 2 aromatic rings. The zero-order valence-electron chi connectivity index (χ0n) is 11.4. The van der Waals surface area contributed by atoms with Crippen LogP contribution in [0.15, 0.2) is 22.7 Å². The number of rotatable bonds is 3. The van der Waals surface area contributed by atoms with E-state index < -0.39 is 0 Å². The van der Waals surface area contributed by atoms with Gasteiger partial charge in [0.1, 0.15) is 4.88 Å². The molecule has 1 aromatic carbocycles. The summed E-state index contributed by atoms with van der Waals surface area (Å²) in [6, 6.07) is 5.93. The summed E-state index contributed by atoms with van der Waals surface area (Å²) in [5, 5.41) is 0.956. The molecule has 3 nitrogen and oxygen atoms in total. The van der Waals surface area contributed by atoms with Crippen molar-refractivity contribution in [1.82, 2.24) is 4.90 Å². The number of halogens is 1. The molecular weight excluding hydrogens is 336 g/mol. The van der Waals surface area contributed by atoms with Gasteiger partial charge in [0.05, 0.1) is 5.69 Å². The minimum Gasteiger partial charge on any atom is -0.397 e. The van der Waals surface area contributed by atoms with E-state index in [2.05, 4.69) is 15.9 Å². The second-order valence-electron chi connectivity index (χ2n) is 5.44. The number of hydrogen-bond acceptors (Lipinski definition) is 3. The summed E-state index contributed by atoms with van der Waals surface area (Å²) in [6.45, 7) is 0.841. The van der Waals surface area contributed by atoms with E-state index in [0.29, 0.717) is 16.5 Å². The average Bonchev–Trinajstić information content (AvgIpc) is 2.71. The maximum atomic E-state index is 12.6. The fourth-order valence-electron chi connectivity index (χ4n) is 2.61. The fraction of sp³-hybridized carbons (Fsp3) is 0.400. The smallest absolute Gasteiger partial charge is 0.265 e. The molecule has 1 aliphatic carbocycles. The number of nitrogens with two attached hydrogens (primary N) is 1. The first-order valence-electron chi connectivity index (χ1n) is 6.80. The first-order valence-corrected chi connectivity index (χ1v) is 8.41. The number of benzene rings is 1. The van der Waals surface area contributed by atoms with Gasteiger partial charge in [0, 0.05) is 28.2 Å². The van der Waals surface area contributed by atoms with Crippen LogP contribution in [0.25, 0.3) is 10.1 Å². The van der Waals surface area contributed by atoms with Gasteiger partial charge in [-0.25, -0.2) is 0 Å². The van der Waals surface area contributed by atoms with Gasteiger partial charge in [-0.05, 0) is 30.9 Å². The molecule has 0 bridgehead atoms. The molecule has 0 atom stereocenters. The summed E-state index contributed by atoms with van der Waals surface area (Å²) in [6.07, 6.45) is 3.78. The number of carbonyl (C=O) groups excluding carboxylic acids is 1. The normalized spacial score (nSPS) is 15.3. The van der Waals surface area contributed by atoms with E-state index in [9.17, 15) is 4.79 Å². The number of fused-ring (bicyclic) bond motifs is 1. The van der Waals surface area contributed by atoms with Crippen molar-refractivity contribution in [2.75, 3.05) is 19.3 Å². The van der Waals surface area contributed by atoms with Gasteiger partial charge < -0.3 is 10.6 Å². The Bertz CT molecular complexity index is 663. The fourth-order valence-corrected chi connectivity index (χ4v) is 4.46. The van der Waals surface area contributed by atoms with Crippen LogP contribution in [0.5, 0.6) is 0 Å². The van der Waals surface area contributed by atoms with Crippen molar-refractivity contribution in [3.05, 3.63) is 27.5 Å². The molecule has 0 unspecified atom stereocenters. The van der Waals surface area contributed by atoms with E-state index in [-0.39, 0.29) is 5.91 Å². The Hall–Kier alpha value is -1.07. The van der Waals surface area contributed by atoms with Crippen molar-refractivity contribution < 1.29 is 4.79 Å². The zero-order valence-corrected chi connectivity index (χ0v) is 13.8. The van der Waals surface area contributed by atoms with Crippen LogP contribution in [-0.4, -0.2) is 24.4 Å². The Kier molecular flexibility index (Phi) is 3.73. The summed E-state index contributed by atoms with van der Waals surface area (Å²) < 4.78 is 2.00. The number of thiophene rings is 1. The van der Waals surface area contributed by atoms with E-state index >= 15 is 0 Å². The lowest BCUT2D eigenvalue weighted by Gasteiger charge is -2.30. The molecule has 5 heteroatoms. The Labute approximate surface area is 130 Å². The number of nitrogens with zero attached hydrogens (tertiary/aromatic N) is 1. The van der Waals surface area contributed by atoms with E-state index in [1.807, 2.05) is 30.1 Å². The maximum Gasteiger partial charge on any atom is 0.265 e. The number of hydrogen-bond donors (Lipinski definition) is 1. The van der Waals surface area contributed by atoms with E-state index in [1.165, 1.54) is 30.6 Å². The molecule has 1 heterocycles. The molecule has 3 rings (SSSR count). The summed E-state index contributed by atoms with van der Waals surface area (Å²) in [7, 11) is 1.87. The summed E-state index contributed by atoms with van der Waals surface area (Å²) in [5.41, 5.74) is 6.79. The number of carbonyl (C=O) groups is 1. The Balaban J connectivity index is 1.91. The summed E-state index contributed by atoms with van der Waals surface area (Å²) in [5.74, 6) is 0.716. The molecule has 1 fully saturated rings. The number of anilines is 1. The molecule has 1 aromatic heterocycles. The van der Waals surface area contributed by atoms with Crippen LogP contribution in [0.1, 0.15) is 28.9 Å². The molecule has 20 heavy (non-hydrogen) atoms. The average molecular weight is 353 g/mol. The highest BCUT2D eigenvalue weighted by Crippen LogP contribution is 2.39. The maximum absolute atomic E-state index is 12.6. The van der Waals surface area contributed by atoms with Crippen LogP contribution < -0.4 is 5.73 Å². The SMILES string of the molecule is CN(CC1CCC1)C(=O)c1sc2cccc(Br)c2c1N. The topological polar surface area (TPSA) is 46.3 Å². The highest BCUT2D eigenvalue weighted by molar-refractivity contribution is 9.10. The second-order valence-corrected chi connectivity index (χ2v) is 7.35. The molecule has 106 valence electrons. The number of amides is 1. The van der Waals surface area contributed by atoms with Crippen LogP contribution in [-0.2, 0) is 0 Å². The van der Waals surface area contributed by atoms with Crippen molar-refractivity contribution in [3.8, 4) is 0 Å². The van der Waals surface area contributed by atoms with Crippen molar-refractivity contribution in [2.24, 2.45) is 5.92 Å². The van der Waals surface area contributed by atoms with E-state index in [1.54, 1.807) is 0 Å². The van der Waals surface area contributed by atoms with Crippen LogP contribution >= 0.6 is 27.3 Å². The molecule has 0 aliphatic heterocycles. The molecule has 1 aliphatic rings. The Morgan fingerprint density at radius 1 is 1.50 bits per heavy atom. The predicted octanol–water partition coefficient (Wildman–Crippen LogP) is 4.12. The molecule has 1 amide bonds. The van der Waals surface area contributed by atoms with Gasteiger partial charge in [-0.15, -0.1) is 11.3 Å². The molecule has 0 saturated heterocycles. The molecule has 0 spiro atoms. The summed E-state index contributed by atoms with van der Waals surface area (Å²) in [4.78, 5) is 15.0. The van der Waals surface area contributed by atoms with Gasteiger partial charge in [0.2, 0.25) is 0 Å². The summed E-state index contributed by atoms with van der Waals surface area (Å²) >= 11 is 4.99. The first-order chi connectivity index (χ1) is 9.58. The van der Waals surface area contributed by atoms with Crippen LogP contribution in [0.3, 0.4) is 0 Å². The lowest BCUT2D eigenvalue weighted by molar-refractivity contribution is 0.0751. The Morgan fingerprint density at radius 2 is 2.25 bits per heavy atom. The van der Waals surface area contributed by atoms with Gasteiger partial charge in [-0.3, -0.25) is 4.79 Å². The van der Waals surface area contributed by atoms with Crippen LogP contribution in [0.2, 0.25) is 0 Å². The third-order valence-corrected chi connectivity index (χ3v) is 5.82. The van der Waals surface area contributed by atoms with Gasteiger partial charge in [-0.2, -0.15) is 0 Å². The minimum atomic E-state index is 0.0440. The quantitative estimate of drug-likeness (QED) is 0.902. The third kappa shape index (κ3) is 2.33.